The number of carbonyl (C=O) groups excluding carboxylic acids is 2. The van der Waals surface area contributed by atoms with Crippen molar-refractivity contribution in [2.24, 2.45) is 5.73 Å². The van der Waals surface area contributed by atoms with Crippen LogP contribution in [0.2, 0.25) is 0 Å². The van der Waals surface area contributed by atoms with E-state index in [1.807, 2.05) is 33.8 Å². The van der Waals surface area contributed by atoms with Crippen molar-refractivity contribution in [1.82, 2.24) is 14.9 Å². The molecular weight excluding hydrogens is 456 g/mol. The normalized spacial score (nSPS) is 17.1. The Labute approximate surface area is 213 Å². The van der Waals surface area contributed by atoms with Crippen molar-refractivity contribution in [3.63, 3.8) is 0 Å². The molecule has 2 aliphatic heterocycles. The molecule has 0 saturated carbocycles. The van der Waals surface area contributed by atoms with E-state index >= 15 is 0 Å². The maximum atomic E-state index is 12.4. The molecule has 2 saturated heterocycles. The number of likely N-dealkylation sites (tertiary alicyclic amines) is 1. The van der Waals surface area contributed by atoms with Gasteiger partial charge in [0.15, 0.2) is 11.5 Å². The molecule has 4 rings (SSSR count). The maximum Gasteiger partial charge on any atom is 0.410 e. The molecule has 0 bridgehead atoms. The van der Waals surface area contributed by atoms with Gasteiger partial charge in [0.2, 0.25) is 0 Å². The number of carbonyl (C=O) groups is 2. The van der Waals surface area contributed by atoms with Crippen molar-refractivity contribution in [2.45, 2.75) is 71.3 Å². The highest BCUT2D eigenvalue weighted by molar-refractivity contribution is 5.96. The van der Waals surface area contributed by atoms with Gasteiger partial charge in [-0.25, -0.2) is 14.8 Å². The first-order chi connectivity index (χ1) is 17.1. The van der Waals surface area contributed by atoms with Gasteiger partial charge in [-0.1, -0.05) is 12.1 Å². The molecule has 0 radical (unpaired) electrons. The fourth-order valence-corrected chi connectivity index (χ4v) is 4.85. The first kappa shape index (κ1) is 25.7. The summed E-state index contributed by atoms with van der Waals surface area (Å²) in [6.45, 7) is 10.9. The summed E-state index contributed by atoms with van der Waals surface area (Å²) in [5.74, 6) is 0.904. The fraction of sp³-hybridized carbons (Fsp3) is 0.556. The van der Waals surface area contributed by atoms with Crippen LogP contribution in [0.5, 0.6) is 0 Å². The number of nitrogens with two attached hydrogens (primary N) is 1. The lowest BCUT2D eigenvalue weighted by molar-refractivity contribution is 0.0204. The Kier molecular flexibility index (Phi) is 7.66. The molecule has 2 amide bonds. The van der Waals surface area contributed by atoms with Crippen molar-refractivity contribution in [3.05, 3.63) is 41.2 Å². The van der Waals surface area contributed by atoms with Crippen LogP contribution in [-0.4, -0.2) is 58.6 Å². The Bertz CT molecular complexity index is 1100. The molecule has 0 spiro atoms. The number of primary amides is 1. The second kappa shape index (κ2) is 10.7. The van der Waals surface area contributed by atoms with Crippen LogP contribution in [-0.2, 0) is 4.74 Å². The molecule has 3 heterocycles. The minimum Gasteiger partial charge on any atom is -0.444 e. The van der Waals surface area contributed by atoms with E-state index in [2.05, 4.69) is 27.3 Å². The third-order valence-electron chi connectivity index (χ3n) is 6.79. The molecule has 2 fully saturated rings. The lowest BCUT2D eigenvalue weighted by atomic mass is 9.88. The number of amides is 2. The topological polar surface area (TPSA) is 114 Å². The van der Waals surface area contributed by atoms with Crippen LogP contribution >= 0.6 is 0 Å². The molecule has 2 aromatic rings. The molecule has 1 aromatic carbocycles. The van der Waals surface area contributed by atoms with Gasteiger partial charge < -0.3 is 25.6 Å². The van der Waals surface area contributed by atoms with E-state index in [1.54, 1.807) is 11.1 Å². The number of aromatic nitrogens is 2. The van der Waals surface area contributed by atoms with Crippen LogP contribution in [0.3, 0.4) is 0 Å². The summed E-state index contributed by atoms with van der Waals surface area (Å²) in [5, 5.41) is 3.30. The lowest BCUT2D eigenvalue weighted by Gasteiger charge is -2.33. The Balaban J connectivity index is 1.45. The number of nitrogens with zero attached hydrogens (tertiary/aromatic N) is 4. The van der Waals surface area contributed by atoms with Crippen LogP contribution < -0.4 is 16.0 Å². The van der Waals surface area contributed by atoms with E-state index in [-0.39, 0.29) is 11.8 Å². The quantitative estimate of drug-likeness (QED) is 0.617. The summed E-state index contributed by atoms with van der Waals surface area (Å²) >= 11 is 0. The number of hydrogen-bond donors (Lipinski definition) is 2. The van der Waals surface area contributed by atoms with E-state index in [0.717, 1.165) is 55.8 Å². The van der Waals surface area contributed by atoms with Crippen LogP contribution in [0.1, 0.15) is 80.4 Å². The predicted molar refractivity (Wildman–Crippen MR) is 141 cm³/mol. The fourth-order valence-electron chi connectivity index (χ4n) is 4.85. The minimum atomic E-state index is -0.610. The number of aryl methyl sites for hydroxylation is 1. The van der Waals surface area contributed by atoms with E-state index < -0.39 is 11.5 Å². The summed E-state index contributed by atoms with van der Waals surface area (Å²) in [7, 11) is 0. The monoisotopic (exact) mass is 494 g/mol. The van der Waals surface area contributed by atoms with Gasteiger partial charge in [0.05, 0.1) is 6.20 Å². The number of rotatable bonds is 5. The molecule has 0 unspecified atom stereocenters. The molecule has 194 valence electrons. The summed E-state index contributed by atoms with van der Waals surface area (Å²) in [6, 6.07) is 6.29. The number of hydrogen-bond acceptors (Lipinski definition) is 7. The number of benzene rings is 1. The summed E-state index contributed by atoms with van der Waals surface area (Å²) < 4.78 is 5.51. The van der Waals surface area contributed by atoms with Gasteiger partial charge in [0.1, 0.15) is 11.4 Å². The molecular formula is C27H38N6O3. The molecule has 0 aliphatic carbocycles. The van der Waals surface area contributed by atoms with Gasteiger partial charge in [0, 0.05) is 31.9 Å². The highest BCUT2D eigenvalue weighted by Crippen LogP contribution is 2.32. The van der Waals surface area contributed by atoms with E-state index in [0.29, 0.717) is 24.8 Å². The van der Waals surface area contributed by atoms with Gasteiger partial charge >= 0.3 is 6.09 Å². The van der Waals surface area contributed by atoms with Crippen molar-refractivity contribution < 1.29 is 14.3 Å². The molecule has 9 heteroatoms. The highest BCUT2D eigenvalue weighted by Gasteiger charge is 2.28. The van der Waals surface area contributed by atoms with Gasteiger partial charge in [-0.15, -0.1) is 0 Å². The number of ether oxygens (including phenoxy) is 1. The largest absolute Gasteiger partial charge is 0.444 e. The smallest absolute Gasteiger partial charge is 0.410 e. The van der Waals surface area contributed by atoms with Crippen molar-refractivity contribution in [2.75, 3.05) is 36.4 Å². The van der Waals surface area contributed by atoms with Gasteiger partial charge in [-0.05, 0) is 82.9 Å². The van der Waals surface area contributed by atoms with Crippen LogP contribution in [0.4, 0.5) is 22.1 Å². The highest BCUT2D eigenvalue weighted by atomic mass is 16.6. The molecule has 0 atom stereocenters. The van der Waals surface area contributed by atoms with E-state index in [1.165, 1.54) is 12.0 Å². The molecule has 1 aromatic heterocycles. The summed E-state index contributed by atoms with van der Waals surface area (Å²) in [4.78, 5) is 37.4. The number of nitrogens with one attached hydrogen (secondary N) is 1. The average molecular weight is 495 g/mol. The SMILES string of the molecule is Cc1cc(C2CCN(C(=O)OC(C)(C)C)CC2)ccc1Nc1nc(N2CCCCC2)cnc1C(N)=O. The summed E-state index contributed by atoms with van der Waals surface area (Å²) in [6.07, 6.45) is 6.64. The van der Waals surface area contributed by atoms with E-state index in [4.69, 9.17) is 15.5 Å². The van der Waals surface area contributed by atoms with Crippen molar-refractivity contribution in [3.8, 4) is 0 Å². The number of piperidine rings is 2. The molecule has 9 nitrogen and oxygen atoms in total. The first-order valence-corrected chi connectivity index (χ1v) is 12.9. The third kappa shape index (κ3) is 6.25. The van der Waals surface area contributed by atoms with Gasteiger partial charge in [0.25, 0.3) is 5.91 Å². The summed E-state index contributed by atoms with van der Waals surface area (Å²) in [5.41, 5.74) is 8.38. The van der Waals surface area contributed by atoms with Gasteiger partial charge in [-0.3, -0.25) is 4.79 Å². The zero-order chi connectivity index (χ0) is 25.9. The van der Waals surface area contributed by atoms with Crippen LogP contribution in [0.25, 0.3) is 0 Å². The Morgan fingerprint density at radius 2 is 1.78 bits per heavy atom. The minimum absolute atomic E-state index is 0.133. The average Bonchev–Trinajstić information content (AvgIpc) is 2.84. The van der Waals surface area contributed by atoms with Gasteiger partial charge in [-0.2, -0.15) is 0 Å². The Hall–Kier alpha value is -3.36. The maximum absolute atomic E-state index is 12.4. The predicted octanol–water partition coefficient (Wildman–Crippen LogP) is 4.73. The zero-order valence-corrected chi connectivity index (χ0v) is 21.8. The Morgan fingerprint density at radius 1 is 1.08 bits per heavy atom. The third-order valence-corrected chi connectivity index (χ3v) is 6.79. The second-order valence-corrected chi connectivity index (χ2v) is 10.8. The molecule has 2 aliphatic rings. The standard InChI is InChI=1S/C27H38N6O3/c1-18-16-20(19-10-14-33(15-11-19)26(35)36-27(2,3)4)8-9-21(18)30-25-23(24(28)34)29-17-22(31-25)32-12-6-5-7-13-32/h8-9,16-17,19H,5-7,10-15H2,1-4H3,(H2,28,34)(H,30,31). The first-order valence-electron chi connectivity index (χ1n) is 12.9. The zero-order valence-electron chi connectivity index (χ0n) is 21.8. The van der Waals surface area contributed by atoms with Crippen molar-refractivity contribution >= 4 is 29.3 Å². The number of anilines is 3. The van der Waals surface area contributed by atoms with Crippen LogP contribution in [0, 0.1) is 6.92 Å². The molecule has 3 N–H and O–H groups in total. The second-order valence-electron chi connectivity index (χ2n) is 10.8. The van der Waals surface area contributed by atoms with Crippen LogP contribution in [0.15, 0.2) is 24.4 Å². The lowest BCUT2D eigenvalue weighted by Crippen LogP contribution is -2.41. The van der Waals surface area contributed by atoms with E-state index in [9.17, 15) is 9.59 Å². The molecule has 36 heavy (non-hydrogen) atoms. The Morgan fingerprint density at radius 3 is 2.39 bits per heavy atom. The van der Waals surface area contributed by atoms with Crippen molar-refractivity contribution in [1.29, 1.82) is 0 Å².